The van der Waals surface area contributed by atoms with Gasteiger partial charge >= 0.3 is 0 Å². The Morgan fingerprint density at radius 1 is 1.20 bits per heavy atom. The highest BCUT2D eigenvalue weighted by molar-refractivity contribution is 7.99. The molecule has 0 radical (unpaired) electrons. The van der Waals surface area contributed by atoms with Crippen LogP contribution >= 0.6 is 11.8 Å². The molecule has 0 bridgehead atoms. The van der Waals surface area contributed by atoms with Gasteiger partial charge in [-0.3, -0.25) is 0 Å². The predicted octanol–water partition coefficient (Wildman–Crippen LogP) is 4.08. The van der Waals surface area contributed by atoms with Gasteiger partial charge in [0.15, 0.2) is 5.16 Å². The average Bonchev–Trinajstić information content (AvgIpc) is 2.80. The molecule has 0 aliphatic heterocycles. The van der Waals surface area contributed by atoms with Crippen LogP contribution < -0.4 is 0 Å². The van der Waals surface area contributed by atoms with Crippen molar-refractivity contribution >= 4 is 22.8 Å². The monoisotopic (exact) mass is 284 g/mol. The molecule has 1 aromatic heterocycles. The van der Waals surface area contributed by atoms with Crippen LogP contribution in [0.5, 0.6) is 0 Å². The van der Waals surface area contributed by atoms with Gasteiger partial charge in [-0.1, -0.05) is 36.0 Å². The highest BCUT2D eigenvalue weighted by Crippen LogP contribution is 2.32. The third-order valence-corrected chi connectivity index (χ3v) is 4.17. The van der Waals surface area contributed by atoms with E-state index in [2.05, 4.69) is 29.0 Å². The molecule has 0 aliphatic rings. The lowest BCUT2D eigenvalue weighted by molar-refractivity contribution is 0.196. The Labute approximate surface area is 122 Å². The van der Waals surface area contributed by atoms with Crippen LogP contribution in [0.1, 0.15) is 24.2 Å². The molecule has 2 aromatic carbocycles. The van der Waals surface area contributed by atoms with E-state index in [1.807, 2.05) is 30.3 Å². The summed E-state index contributed by atoms with van der Waals surface area (Å²) in [5, 5.41) is 10.7. The zero-order chi connectivity index (χ0) is 14.1. The summed E-state index contributed by atoms with van der Waals surface area (Å²) in [7, 11) is 0. The van der Waals surface area contributed by atoms with Crippen molar-refractivity contribution in [2.75, 3.05) is 0 Å². The number of benzene rings is 2. The molecule has 2 N–H and O–H groups in total. The maximum absolute atomic E-state index is 9.81. The highest BCUT2D eigenvalue weighted by Gasteiger charge is 2.11. The van der Waals surface area contributed by atoms with Gasteiger partial charge in [0.05, 0.1) is 17.1 Å². The maximum Gasteiger partial charge on any atom is 0.171 e. The molecule has 1 heterocycles. The fourth-order valence-corrected chi connectivity index (χ4v) is 3.19. The van der Waals surface area contributed by atoms with Gasteiger partial charge in [-0.2, -0.15) is 0 Å². The predicted molar refractivity (Wildman–Crippen MR) is 82.0 cm³/mol. The molecular formula is C16H16N2OS. The van der Waals surface area contributed by atoms with Crippen molar-refractivity contribution in [2.45, 2.75) is 30.0 Å². The number of aromatic amines is 1. The average molecular weight is 284 g/mol. The number of nitrogens with one attached hydrogen (secondary N) is 1. The quantitative estimate of drug-likeness (QED) is 0.762. The van der Waals surface area contributed by atoms with Gasteiger partial charge in [0, 0.05) is 4.90 Å². The Morgan fingerprint density at radius 2 is 2.00 bits per heavy atom. The SMILES string of the molecule is Cc1ccc2nc(Sc3ccccc3[C@@H](C)O)[nH]c2c1. The first-order valence-electron chi connectivity index (χ1n) is 6.55. The van der Waals surface area contributed by atoms with Crippen LogP contribution in [-0.2, 0) is 0 Å². The summed E-state index contributed by atoms with van der Waals surface area (Å²) < 4.78 is 0. The molecule has 0 fully saturated rings. The summed E-state index contributed by atoms with van der Waals surface area (Å²) in [6.45, 7) is 3.84. The van der Waals surface area contributed by atoms with E-state index in [0.29, 0.717) is 0 Å². The Bertz CT molecular complexity index is 749. The van der Waals surface area contributed by atoms with Crippen molar-refractivity contribution in [3.05, 3.63) is 53.6 Å². The zero-order valence-electron chi connectivity index (χ0n) is 11.4. The first kappa shape index (κ1) is 13.2. The molecule has 102 valence electrons. The molecule has 0 saturated heterocycles. The lowest BCUT2D eigenvalue weighted by Crippen LogP contribution is -1.93. The first-order valence-corrected chi connectivity index (χ1v) is 7.36. The van der Waals surface area contributed by atoms with Crippen molar-refractivity contribution in [3.8, 4) is 0 Å². The Kier molecular flexibility index (Phi) is 3.51. The van der Waals surface area contributed by atoms with E-state index < -0.39 is 6.10 Å². The van der Waals surface area contributed by atoms with Crippen LogP contribution in [0.15, 0.2) is 52.5 Å². The van der Waals surface area contributed by atoms with Crippen LogP contribution in [0.3, 0.4) is 0 Å². The minimum atomic E-state index is -0.481. The van der Waals surface area contributed by atoms with Crippen molar-refractivity contribution in [2.24, 2.45) is 0 Å². The number of H-pyrrole nitrogens is 1. The van der Waals surface area contributed by atoms with E-state index >= 15 is 0 Å². The second kappa shape index (κ2) is 5.31. The van der Waals surface area contributed by atoms with Crippen LogP contribution in [0.2, 0.25) is 0 Å². The molecule has 1 atom stereocenters. The van der Waals surface area contributed by atoms with Gasteiger partial charge in [-0.05, 0) is 43.2 Å². The normalized spacial score (nSPS) is 12.8. The largest absolute Gasteiger partial charge is 0.389 e. The number of nitrogens with zero attached hydrogens (tertiary/aromatic N) is 1. The minimum absolute atomic E-state index is 0.481. The molecular weight excluding hydrogens is 268 g/mol. The summed E-state index contributed by atoms with van der Waals surface area (Å²) in [6, 6.07) is 14.0. The minimum Gasteiger partial charge on any atom is -0.389 e. The molecule has 20 heavy (non-hydrogen) atoms. The van der Waals surface area contributed by atoms with Crippen molar-refractivity contribution in [1.82, 2.24) is 9.97 Å². The fraction of sp³-hybridized carbons (Fsp3) is 0.188. The number of hydrogen-bond donors (Lipinski definition) is 2. The van der Waals surface area contributed by atoms with Crippen LogP contribution in [0.4, 0.5) is 0 Å². The van der Waals surface area contributed by atoms with Crippen LogP contribution in [-0.4, -0.2) is 15.1 Å². The van der Waals surface area contributed by atoms with E-state index in [1.165, 1.54) is 5.56 Å². The third kappa shape index (κ3) is 2.57. The molecule has 0 saturated carbocycles. The molecule has 0 spiro atoms. The van der Waals surface area contributed by atoms with Gasteiger partial charge < -0.3 is 10.1 Å². The maximum atomic E-state index is 9.81. The Morgan fingerprint density at radius 3 is 2.80 bits per heavy atom. The van der Waals surface area contributed by atoms with Crippen LogP contribution in [0, 0.1) is 6.92 Å². The highest BCUT2D eigenvalue weighted by atomic mass is 32.2. The summed E-state index contributed by atoms with van der Waals surface area (Å²) in [4.78, 5) is 8.92. The molecule has 3 aromatic rings. The lowest BCUT2D eigenvalue weighted by atomic mass is 10.1. The molecule has 3 nitrogen and oxygen atoms in total. The van der Waals surface area contributed by atoms with E-state index in [-0.39, 0.29) is 0 Å². The summed E-state index contributed by atoms with van der Waals surface area (Å²) in [5.41, 5.74) is 4.14. The first-order chi connectivity index (χ1) is 9.63. The topological polar surface area (TPSA) is 48.9 Å². The van der Waals surface area contributed by atoms with Crippen molar-refractivity contribution < 1.29 is 5.11 Å². The number of imidazole rings is 1. The van der Waals surface area contributed by atoms with Gasteiger partial charge in [-0.15, -0.1) is 0 Å². The van der Waals surface area contributed by atoms with Gasteiger partial charge in [0.25, 0.3) is 0 Å². The summed E-state index contributed by atoms with van der Waals surface area (Å²) in [5.74, 6) is 0. The van der Waals surface area contributed by atoms with Gasteiger partial charge in [0.2, 0.25) is 0 Å². The standard InChI is InChI=1S/C16H16N2OS/c1-10-7-8-13-14(9-10)18-16(17-13)20-15-6-4-3-5-12(15)11(2)19/h3-9,11,19H,1-2H3,(H,17,18)/t11-/m1/s1. The van der Waals surface area contributed by atoms with E-state index in [0.717, 1.165) is 26.6 Å². The van der Waals surface area contributed by atoms with E-state index in [1.54, 1.807) is 18.7 Å². The van der Waals surface area contributed by atoms with Gasteiger partial charge in [-0.25, -0.2) is 4.98 Å². The van der Waals surface area contributed by atoms with E-state index in [9.17, 15) is 5.11 Å². The van der Waals surface area contributed by atoms with E-state index in [4.69, 9.17) is 0 Å². The summed E-state index contributed by atoms with van der Waals surface area (Å²) in [6.07, 6.45) is -0.481. The number of aromatic nitrogens is 2. The zero-order valence-corrected chi connectivity index (χ0v) is 12.2. The van der Waals surface area contributed by atoms with Gasteiger partial charge in [0.1, 0.15) is 0 Å². The smallest absolute Gasteiger partial charge is 0.171 e. The molecule has 0 amide bonds. The second-order valence-electron chi connectivity index (χ2n) is 4.88. The Balaban J connectivity index is 1.97. The lowest BCUT2D eigenvalue weighted by Gasteiger charge is -2.09. The number of rotatable bonds is 3. The third-order valence-electron chi connectivity index (χ3n) is 3.19. The Hall–Kier alpha value is -1.78. The summed E-state index contributed by atoms with van der Waals surface area (Å²) >= 11 is 1.55. The number of aliphatic hydroxyl groups excluding tert-OH is 1. The van der Waals surface area contributed by atoms with Crippen molar-refractivity contribution in [3.63, 3.8) is 0 Å². The number of hydrogen-bond acceptors (Lipinski definition) is 3. The number of aryl methyl sites for hydroxylation is 1. The van der Waals surface area contributed by atoms with Crippen LogP contribution in [0.25, 0.3) is 11.0 Å². The second-order valence-corrected chi connectivity index (χ2v) is 5.91. The molecule has 3 rings (SSSR count). The molecule has 4 heteroatoms. The fourth-order valence-electron chi connectivity index (χ4n) is 2.17. The molecule has 0 aliphatic carbocycles. The number of fused-ring (bicyclic) bond motifs is 1. The van der Waals surface area contributed by atoms with Crippen molar-refractivity contribution in [1.29, 1.82) is 0 Å². The number of aliphatic hydroxyl groups is 1. The molecule has 0 unspecified atom stereocenters.